The highest BCUT2D eigenvalue weighted by Gasteiger charge is 2.22. The summed E-state index contributed by atoms with van der Waals surface area (Å²) in [6.45, 7) is 13.8. The first-order valence-electron chi connectivity index (χ1n) is 8.95. The standard InChI is InChI=1S/C17H35N5.HI/c1-15(2)13-21-8-10-22(11-9-21)17(18-3)19-12-16-6-5-7-20(4)14-16;/h15-16H,5-14H2,1-4H3,(H,18,19);1H. The molecule has 23 heavy (non-hydrogen) atoms. The highest BCUT2D eigenvalue weighted by Crippen LogP contribution is 2.14. The number of piperidine rings is 1. The van der Waals surface area contributed by atoms with Gasteiger partial charge in [0.25, 0.3) is 0 Å². The summed E-state index contributed by atoms with van der Waals surface area (Å²) >= 11 is 0. The van der Waals surface area contributed by atoms with Crippen LogP contribution in [0.4, 0.5) is 0 Å². The van der Waals surface area contributed by atoms with Crippen molar-refractivity contribution in [2.45, 2.75) is 26.7 Å². The molecule has 0 aromatic carbocycles. The van der Waals surface area contributed by atoms with Gasteiger partial charge in [-0.3, -0.25) is 9.89 Å². The van der Waals surface area contributed by atoms with E-state index in [1.165, 1.54) is 32.5 Å². The molecule has 0 amide bonds. The fraction of sp³-hybridized carbons (Fsp3) is 0.941. The second-order valence-electron chi connectivity index (χ2n) is 7.38. The van der Waals surface area contributed by atoms with Gasteiger partial charge >= 0.3 is 0 Å². The van der Waals surface area contributed by atoms with Crippen LogP contribution in [-0.4, -0.2) is 87.1 Å². The normalized spacial score (nSPS) is 24.7. The van der Waals surface area contributed by atoms with Crippen molar-refractivity contribution in [1.82, 2.24) is 20.0 Å². The van der Waals surface area contributed by atoms with Crippen molar-refractivity contribution in [2.75, 3.05) is 66.5 Å². The molecule has 2 aliphatic rings. The summed E-state index contributed by atoms with van der Waals surface area (Å²) in [5, 5.41) is 3.62. The van der Waals surface area contributed by atoms with Gasteiger partial charge in [-0.1, -0.05) is 13.8 Å². The van der Waals surface area contributed by atoms with Crippen molar-refractivity contribution in [3.8, 4) is 0 Å². The van der Waals surface area contributed by atoms with Crippen LogP contribution in [0.2, 0.25) is 0 Å². The minimum Gasteiger partial charge on any atom is -0.356 e. The second-order valence-corrected chi connectivity index (χ2v) is 7.38. The van der Waals surface area contributed by atoms with Crippen molar-refractivity contribution >= 4 is 29.9 Å². The SMILES string of the molecule is CN=C(NCC1CCCN(C)C1)N1CCN(CC(C)C)CC1.I. The van der Waals surface area contributed by atoms with Crippen molar-refractivity contribution in [3.05, 3.63) is 0 Å². The fourth-order valence-corrected chi connectivity index (χ4v) is 3.67. The lowest BCUT2D eigenvalue weighted by Gasteiger charge is -2.38. The van der Waals surface area contributed by atoms with E-state index in [-0.39, 0.29) is 24.0 Å². The third-order valence-electron chi connectivity index (χ3n) is 4.78. The summed E-state index contributed by atoms with van der Waals surface area (Å²) in [6.07, 6.45) is 2.67. The van der Waals surface area contributed by atoms with E-state index in [0.717, 1.165) is 50.5 Å². The molecule has 1 atom stereocenters. The predicted molar refractivity (Wildman–Crippen MR) is 110 cm³/mol. The fourth-order valence-electron chi connectivity index (χ4n) is 3.67. The monoisotopic (exact) mass is 437 g/mol. The average Bonchev–Trinajstić information content (AvgIpc) is 2.49. The second kappa shape index (κ2) is 10.7. The number of aliphatic imine (C=N–C) groups is 1. The van der Waals surface area contributed by atoms with Crippen LogP contribution in [-0.2, 0) is 0 Å². The highest BCUT2D eigenvalue weighted by atomic mass is 127. The number of hydrogen-bond donors (Lipinski definition) is 1. The number of rotatable bonds is 4. The van der Waals surface area contributed by atoms with Gasteiger partial charge < -0.3 is 15.1 Å². The number of halogens is 1. The van der Waals surface area contributed by atoms with E-state index >= 15 is 0 Å². The Bertz CT molecular complexity index is 353. The topological polar surface area (TPSA) is 34.1 Å². The lowest BCUT2D eigenvalue weighted by atomic mass is 9.98. The lowest BCUT2D eigenvalue weighted by Crippen LogP contribution is -2.53. The minimum absolute atomic E-state index is 0. The molecule has 2 rings (SSSR count). The Hall–Kier alpha value is -0.0800. The van der Waals surface area contributed by atoms with Crippen LogP contribution in [0.1, 0.15) is 26.7 Å². The zero-order chi connectivity index (χ0) is 15.9. The molecule has 0 bridgehead atoms. The van der Waals surface area contributed by atoms with Gasteiger partial charge in [-0.2, -0.15) is 0 Å². The van der Waals surface area contributed by atoms with E-state index in [9.17, 15) is 0 Å². The molecule has 136 valence electrons. The van der Waals surface area contributed by atoms with Gasteiger partial charge in [0.05, 0.1) is 0 Å². The number of nitrogens with zero attached hydrogens (tertiary/aromatic N) is 4. The Morgan fingerprint density at radius 2 is 1.87 bits per heavy atom. The maximum absolute atomic E-state index is 4.50. The van der Waals surface area contributed by atoms with E-state index in [4.69, 9.17) is 0 Å². The van der Waals surface area contributed by atoms with Gasteiger partial charge in [0.1, 0.15) is 0 Å². The van der Waals surface area contributed by atoms with Crippen LogP contribution in [0.15, 0.2) is 4.99 Å². The Kier molecular flexibility index (Phi) is 9.77. The van der Waals surface area contributed by atoms with E-state index in [0.29, 0.717) is 0 Å². The summed E-state index contributed by atoms with van der Waals surface area (Å²) in [7, 11) is 4.14. The number of hydrogen-bond acceptors (Lipinski definition) is 3. The average molecular weight is 437 g/mol. The number of piperazine rings is 1. The van der Waals surface area contributed by atoms with E-state index < -0.39 is 0 Å². The van der Waals surface area contributed by atoms with E-state index in [1.807, 2.05) is 7.05 Å². The van der Waals surface area contributed by atoms with Crippen LogP contribution < -0.4 is 5.32 Å². The van der Waals surface area contributed by atoms with Crippen LogP contribution >= 0.6 is 24.0 Å². The summed E-state index contributed by atoms with van der Waals surface area (Å²) < 4.78 is 0. The molecule has 0 aromatic rings. The van der Waals surface area contributed by atoms with Crippen molar-refractivity contribution in [2.24, 2.45) is 16.8 Å². The molecular formula is C17H36IN5. The van der Waals surface area contributed by atoms with Gasteiger partial charge in [0, 0.05) is 52.9 Å². The third-order valence-corrected chi connectivity index (χ3v) is 4.78. The zero-order valence-electron chi connectivity index (χ0n) is 15.4. The molecule has 2 heterocycles. The van der Waals surface area contributed by atoms with E-state index in [1.54, 1.807) is 0 Å². The largest absolute Gasteiger partial charge is 0.356 e. The maximum atomic E-state index is 4.50. The molecule has 5 nitrogen and oxygen atoms in total. The molecule has 1 unspecified atom stereocenters. The van der Waals surface area contributed by atoms with Gasteiger partial charge in [-0.05, 0) is 38.3 Å². The Labute approximate surface area is 159 Å². The maximum Gasteiger partial charge on any atom is 0.193 e. The molecule has 2 saturated heterocycles. The predicted octanol–water partition coefficient (Wildman–Crippen LogP) is 1.80. The molecular weight excluding hydrogens is 401 g/mol. The molecule has 0 saturated carbocycles. The van der Waals surface area contributed by atoms with Crippen molar-refractivity contribution < 1.29 is 0 Å². The third kappa shape index (κ3) is 7.13. The first-order chi connectivity index (χ1) is 10.6. The van der Waals surface area contributed by atoms with Crippen LogP contribution in [0.25, 0.3) is 0 Å². The summed E-state index contributed by atoms with van der Waals surface area (Å²) in [5.74, 6) is 2.61. The number of nitrogens with one attached hydrogen (secondary N) is 1. The highest BCUT2D eigenvalue weighted by molar-refractivity contribution is 14.0. The Morgan fingerprint density at radius 1 is 1.17 bits per heavy atom. The number of likely N-dealkylation sites (tertiary alicyclic amines) is 1. The lowest BCUT2D eigenvalue weighted by molar-refractivity contribution is 0.162. The smallest absolute Gasteiger partial charge is 0.193 e. The van der Waals surface area contributed by atoms with E-state index in [2.05, 4.69) is 45.9 Å². The van der Waals surface area contributed by atoms with Gasteiger partial charge in [0.15, 0.2) is 5.96 Å². The molecule has 2 aliphatic heterocycles. The van der Waals surface area contributed by atoms with Gasteiger partial charge in [-0.15, -0.1) is 24.0 Å². The van der Waals surface area contributed by atoms with Crippen molar-refractivity contribution in [3.63, 3.8) is 0 Å². The zero-order valence-corrected chi connectivity index (χ0v) is 17.8. The number of guanidine groups is 1. The van der Waals surface area contributed by atoms with Crippen LogP contribution in [0, 0.1) is 11.8 Å². The first kappa shape index (κ1) is 21.0. The first-order valence-corrected chi connectivity index (χ1v) is 8.95. The quantitative estimate of drug-likeness (QED) is 0.413. The molecule has 0 radical (unpaired) electrons. The molecule has 0 aromatic heterocycles. The van der Waals surface area contributed by atoms with Crippen LogP contribution in [0.5, 0.6) is 0 Å². The molecule has 0 spiro atoms. The van der Waals surface area contributed by atoms with Gasteiger partial charge in [-0.25, -0.2) is 0 Å². The summed E-state index contributed by atoms with van der Waals surface area (Å²) in [6, 6.07) is 0. The van der Waals surface area contributed by atoms with Crippen molar-refractivity contribution in [1.29, 1.82) is 0 Å². The Balaban J connectivity index is 0.00000264. The summed E-state index contributed by atoms with van der Waals surface area (Å²) in [5.41, 5.74) is 0. The minimum atomic E-state index is 0. The Morgan fingerprint density at radius 3 is 2.43 bits per heavy atom. The van der Waals surface area contributed by atoms with Crippen LogP contribution in [0.3, 0.4) is 0 Å². The molecule has 0 aliphatic carbocycles. The molecule has 1 N–H and O–H groups in total. The molecule has 2 fully saturated rings. The van der Waals surface area contributed by atoms with Gasteiger partial charge in [0.2, 0.25) is 0 Å². The molecule has 6 heteroatoms. The summed E-state index contributed by atoms with van der Waals surface area (Å²) in [4.78, 5) is 11.9.